The summed E-state index contributed by atoms with van der Waals surface area (Å²) >= 11 is 1.34. The fourth-order valence-corrected chi connectivity index (χ4v) is 3.43. The van der Waals surface area contributed by atoms with Crippen LogP contribution in [0.3, 0.4) is 0 Å². The van der Waals surface area contributed by atoms with Crippen LogP contribution in [0.25, 0.3) is 0 Å². The first-order valence-corrected chi connectivity index (χ1v) is 7.55. The maximum atomic E-state index is 11.2. The molecule has 106 valence electrons. The van der Waals surface area contributed by atoms with E-state index in [4.69, 9.17) is 0 Å². The second-order valence-corrected chi connectivity index (χ2v) is 6.17. The van der Waals surface area contributed by atoms with Crippen molar-refractivity contribution in [3.63, 3.8) is 0 Å². The Hall–Kier alpha value is -1.14. The predicted molar refractivity (Wildman–Crippen MR) is 76.8 cm³/mol. The second-order valence-electron chi connectivity index (χ2n) is 5.11. The third-order valence-electron chi connectivity index (χ3n) is 3.69. The lowest BCUT2D eigenvalue weighted by molar-refractivity contribution is -0.383. The van der Waals surface area contributed by atoms with Gasteiger partial charge < -0.3 is 10.0 Å². The van der Waals surface area contributed by atoms with Gasteiger partial charge in [-0.1, -0.05) is 6.42 Å². The van der Waals surface area contributed by atoms with Gasteiger partial charge in [0.05, 0.1) is 11.0 Å². The normalized spacial score (nSPS) is 17.0. The third-order valence-corrected chi connectivity index (χ3v) is 5.05. The number of thiophene rings is 1. The van der Waals surface area contributed by atoms with Crippen molar-refractivity contribution in [1.29, 1.82) is 0 Å². The first kappa shape index (κ1) is 14.3. The van der Waals surface area contributed by atoms with E-state index >= 15 is 0 Å². The smallest absolute Gasteiger partial charge is 0.304 e. The molecular formula is C13H20N2O3S. The lowest BCUT2D eigenvalue weighted by Gasteiger charge is -2.31. The van der Waals surface area contributed by atoms with Crippen molar-refractivity contribution in [3.8, 4) is 0 Å². The molecule has 6 heteroatoms. The Morgan fingerprint density at radius 1 is 1.63 bits per heavy atom. The lowest BCUT2D eigenvalue weighted by atomic mass is 9.85. The highest BCUT2D eigenvalue weighted by molar-refractivity contribution is 7.16. The SMILES string of the molecule is CCN(CC1CCC1)c1sc([C@H](C)O)cc1[N+](=O)[O-]. The molecule has 1 saturated carbocycles. The molecule has 0 radical (unpaired) electrons. The van der Waals surface area contributed by atoms with Crippen LogP contribution in [0, 0.1) is 16.0 Å². The van der Waals surface area contributed by atoms with Gasteiger partial charge in [-0.3, -0.25) is 10.1 Å². The summed E-state index contributed by atoms with van der Waals surface area (Å²) in [5.41, 5.74) is 0.127. The van der Waals surface area contributed by atoms with E-state index in [0.29, 0.717) is 15.8 Å². The largest absolute Gasteiger partial charge is 0.388 e. The average Bonchev–Trinajstić information content (AvgIpc) is 2.73. The molecule has 1 fully saturated rings. The van der Waals surface area contributed by atoms with Crippen molar-refractivity contribution in [1.82, 2.24) is 0 Å². The molecule has 0 saturated heterocycles. The number of aliphatic hydroxyl groups is 1. The van der Waals surface area contributed by atoms with E-state index in [9.17, 15) is 15.2 Å². The van der Waals surface area contributed by atoms with Crippen LogP contribution in [0.15, 0.2) is 6.07 Å². The Balaban J connectivity index is 2.25. The van der Waals surface area contributed by atoms with E-state index in [1.165, 1.54) is 36.7 Å². The molecule has 5 nitrogen and oxygen atoms in total. The van der Waals surface area contributed by atoms with Gasteiger partial charge >= 0.3 is 5.69 Å². The first-order chi connectivity index (χ1) is 9.02. The van der Waals surface area contributed by atoms with Gasteiger partial charge in [0.1, 0.15) is 0 Å². The molecule has 0 amide bonds. The molecule has 0 spiro atoms. The van der Waals surface area contributed by atoms with Crippen molar-refractivity contribution >= 4 is 22.0 Å². The number of hydrogen-bond donors (Lipinski definition) is 1. The van der Waals surface area contributed by atoms with Crippen molar-refractivity contribution in [3.05, 3.63) is 21.1 Å². The summed E-state index contributed by atoms with van der Waals surface area (Å²) in [6.07, 6.45) is 3.06. The van der Waals surface area contributed by atoms with Crippen molar-refractivity contribution in [2.24, 2.45) is 5.92 Å². The number of hydrogen-bond acceptors (Lipinski definition) is 5. The Morgan fingerprint density at radius 3 is 2.74 bits per heavy atom. The molecule has 0 unspecified atom stereocenters. The number of anilines is 1. The zero-order chi connectivity index (χ0) is 14.0. The summed E-state index contributed by atoms with van der Waals surface area (Å²) in [4.78, 5) is 13.5. The van der Waals surface area contributed by atoms with Crippen LogP contribution < -0.4 is 4.90 Å². The minimum absolute atomic E-state index is 0.127. The average molecular weight is 284 g/mol. The highest BCUT2D eigenvalue weighted by Crippen LogP contribution is 2.41. The zero-order valence-corrected chi connectivity index (χ0v) is 12.2. The molecule has 0 bridgehead atoms. The van der Waals surface area contributed by atoms with Crippen LogP contribution in [-0.2, 0) is 0 Å². The van der Waals surface area contributed by atoms with E-state index in [1.807, 2.05) is 6.92 Å². The topological polar surface area (TPSA) is 66.6 Å². The van der Waals surface area contributed by atoms with Gasteiger partial charge in [-0.15, -0.1) is 11.3 Å². The summed E-state index contributed by atoms with van der Waals surface area (Å²) in [5.74, 6) is 0.664. The Bertz CT molecular complexity index is 455. The monoisotopic (exact) mass is 284 g/mol. The van der Waals surface area contributed by atoms with E-state index in [1.54, 1.807) is 6.92 Å². The van der Waals surface area contributed by atoms with E-state index in [-0.39, 0.29) is 10.6 Å². The van der Waals surface area contributed by atoms with Gasteiger partial charge in [-0.2, -0.15) is 0 Å². The molecule has 0 aromatic carbocycles. The van der Waals surface area contributed by atoms with E-state index in [0.717, 1.165) is 13.1 Å². The van der Waals surface area contributed by atoms with Crippen LogP contribution in [-0.4, -0.2) is 23.1 Å². The quantitative estimate of drug-likeness (QED) is 0.642. The Morgan fingerprint density at radius 2 is 2.32 bits per heavy atom. The van der Waals surface area contributed by atoms with Crippen molar-refractivity contribution in [2.75, 3.05) is 18.0 Å². The van der Waals surface area contributed by atoms with Gasteiger partial charge in [0, 0.05) is 24.0 Å². The van der Waals surface area contributed by atoms with Crippen LogP contribution in [0.1, 0.15) is 44.1 Å². The summed E-state index contributed by atoms with van der Waals surface area (Å²) in [5, 5.41) is 21.4. The molecule has 1 atom stereocenters. The molecule has 1 aliphatic rings. The standard InChI is InChI=1S/C13H20N2O3S/c1-3-14(8-10-5-4-6-10)13-11(15(17)18)7-12(19-13)9(2)16/h7,9-10,16H,3-6,8H2,1-2H3/t9-/m0/s1. The molecule has 2 rings (SSSR count). The summed E-state index contributed by atoms with van der Waals surface area (Å²) in [6, 6.07) is 1.51. The molecular weight excluding hydrogens is 264 g/mol. The summed E-state index contributed by atoms with van der Waals surface area (Å²) in [6.45, 7) is 5.31. The molecule has 1 heterocycles. The minimum atomic E-state index is -0.653. The fraction of sp³-hybridized carbons (Fsp3) is 0.692. The highest BCUT2D eigenvalue weighted by atomic mass is 32.1. The highest BCUT2D eigenvalue weighted by Gasteiger charge is 2.27. The third kappa shape index (κ3) is 3.06. The zero-order valence-electron chi connectivity index (χ0n) is 11.3. The first-order valence-electron chi connectivity index (χ1n) is 6.74. The lowest BCUT2D eigenvalue weighted by Crippen LogP contribution is -2.32. The summed E-state index contributed by atoms with van der Waals surface area (Å²) in [7, 11) is 0. The molecule has 1 aliphatic carbocycles. The van der Waals surface area contributed by atoms with Crippen molar-refractivity contribution < 1.29 is 10.0 Å². The van der Waals surface area contributed by atoms with E-state index in [2.05, 4.69) is 4.90 Å². The number of nitro groups is 1. The maximum Gasteiger partial charge on any atom is 0.304 e. The fourth-order valence-electron chi connectivity index (χ4n) is 2.30. The molecule has 1 N–H and O–H groups in total. The maximum absolute atomic E-state index is 11.2. The molecule has 0 aliphatic heterocycles. The van der Waals surface area contributed by atoms with Gasteiger partial charge in [0.15, 0.2) is 5.00 Å². The van der Waals surface area contributed by atoms with Gasteiger partial charge in [-0.25, -0.2) is 0 Å². The molecule has 1 aromatic rings. The number of aliphatic hydroxyl groups excluding tert-OH is 1. The van der Waals surface area contributed by atoms with Crippen LogP contribution in [0.2, 0.25) is 0 Å². The van der Waals surface area contributed by atoms with Gasteiger partial charge in [-0.05, 0) is 32.6 Å². The van der Waals surface area contributed by atoms with Crippen molar-refractivity contribution in [2.45, 2.75) is 39.2 Å². The molecule has 19 heavy (non-hydrogen) atoms. The Labute approximate surface area is 117 Å². The van der Waals surface area contributed by atoms with E-state index < -0.39 is 6.10 Å². The van der Waals surface area contributed by atoms with Crippen LogP contribution in [0.5, 0.6) is 0 Å². The van der Waals surface area contributed by atoms with Gasteiger partial charge in [0.25, 0.3) is 0 Å². The molecule has 1 aromatic heterocycles. The summed E-state index contributed by atoms with van der Waals surface area (Å²) < 4.78 is 0. The predicted octanol–water partition coefficient (Wildman–Crippen LogP) is 3.34. The second kappa shape index (κ2) is 5.88. The number of nitrogens with zero attached hydrogens (tertiary/aromatic N) is 2. The van der Waals surface area contributed by atoms with Crippen LogP contribution in [0.4, 0.5) is 10.7 Å². The van der Waals surface area contributed by atoms with Crippen LogP contribution >= 0.6 is 11.3 Å². The number of rotatable bonds is 6. The minimum Gasteiger partial charge on any atom is -0.388 e. The Kier molecular flexibility index (Phi) is 4.42. The van der Waals surface area contributed by atoms with Gasteiger partial charge in [0.2, 0.25) is 0 Å².